The van der Waals surface area contributed by atoms with E-state index in [0.717, 1.165) is 16.5 Å². The summed E-state index contributed by atoms with van der Waals surface area (Å²) in [7, 11) is 0. The fraction of sp³-hybridized carbons (Fsp3) is 0.217. The number of fused-ring (bicyclic) bond motifs is 1. The summed E-state index contributed by atoms with van der Waals surface area (Å²) >= 11 is 0. The monoisotopic (exact) mass is 392 g/mol. The third-order valence-corrected chi connectivity index (χ3v) is 5.02. The van der Waals surface area contributed by atoms with E-state index in [9.17, 15) is 19.8 Å². The molecule has 0 atom stereocenters. The number of aryl methyl sites for hydroxylation is 1. The lowest BCUT2D eigenvalue weighted by atomic mass is 10.0. The average molecular weight is 392 g/mol. The zero-order chi connectivity index (χ0) is 21.3. The third kappa shape index (κ3) is 3.74. The zero-order valence-corrected chi connectivity index (χ0v) is 16.7. The van der Waals surface area contributed by atoms with Crippen LogP contribution in [-0.2, 0) is 6.54 Å². The van der Waals surface area contributed by atoms with E-state index in [-0.39, 0.29) is 17.2 Å². The van der Waals surface area contributed by atoms with Gasteiger partial charge in [-0.1, -0.05) is 26.0 Å². The number of rotatable bonds is 6. The van der Waals surface area contributed by atoms with Gasteiger partial charge < -0.3 is 20.1 Å². The Hall–Kier alpha value is -3.54. The summed E-state index contributed by atoms with van der Waals surface area (Å²) < 4.78 is 1.90. The molecule has 1 amide bonds. The van der Waals surface area contributed by atoms with Crippen molar-refractivity contribution >= 4 is 28.5 Å². The van der Waals surface area contributed by atoms with Gasteiger partial charge in [0.2, 0.25) is 0 Å². The molecule has 0 radical (unpaired) electrons. The number of carbonyl (C=O) groups is 2. The van der Waals surface area contributed by atoms with Crippen molar-refractivity contribution in [1.29, 1.82) is 0 Å². The highest BCUT2D eigenvalue weighted by Gasteiger charge is 2.21. The summed E-state index contributed by atoms with van der Waals surface area (Å²) in [5, 5.41) is 22.6. The van der Waals surface area contributed by atoms with E-state index in [4.69, 9.17) is 0 Å². The third-order valence-electron chi connectivity index (χ3n) is 5.02. The van der Waals surface area contributed by atoms with Crippen molar-refractivity contribution in [3.8, 4) is 5.75 Å². The van der Waals surface area contributed by atoms with E-state index in [0.29, 0.717) is 23.8 Å². The second-order valence-corrected chi connectivity index (χ2v) is 7.30. The van der Waals surface area contributed by atoms with Gasteiger partial charge >= 0.3 is 5.97 Å². The van der Waals surface area contributed by atoms with Crippen molar-refractivity contribution in [2.45, 2.75) is 33.2 Å². The van der Waals surface area contributed by atoms with Crippen LogP contribution in [0.5, 0.6) is 5.75 Å². The van der Waals surface area contributed by atoms with Crippen molar-refractivity contribution < 1.29 is 19.8 Å². The maximum atomic E-state index is 13.1. The van der Waals surface area contributed by atoms with Crippen molar-refractivity contribution in [2.24, 2.45) is 0 Å². The summed E-state index contributed by atoms with van der Waals surface area (Å²) in [6.07, 6.45) is 1.73. The Morgan fingerprint density at radius 2 is 1.93 bits per heavy atom. The Labute approximate surface area is 169 Å². The van der Waals surface area contributed by atoms with Crippen molar-refractivity contribution in [3.05, 3.63) is 71.4 Å². The molecular weight excluding hydrogens is 368 g/mol. The predicted octanol–water partition coefficient (Wildman–Crippen LogP) is 4.92. The highest BCUT2D eigenvalue weighted by Crippen LogP contribution is 2.30. The number of hydrogen-bond donors (Lipinski definition) is 3. The van der Waals surface area contributed by atoms with Crippen LogP contribution >= 0.6 is 0 Å². The number of carbonyl (C=O) groups excluding carboxylic acids is 1. The van der Waals surface area contributed by atoms with Crippen molar-refractivity contribution in [2.75, 3.05) is 5.32 Å². The Morgan fingerprint density at radius 3 is 2.55 bits per heavy atom. The summed E-state index contributed by atoms with van der Waals surface area (Å²) in [4.78, 5) is 24.3. The van der Waals surface area contributed by atoms with Crippen LogP contribution in [0.2, 0.25) is 0 Å². The largest absolute Gasteiger partial charge is 0.507 e. The maximum Gasteiger partial charge on any atom is 0.339 e. The van der Waals surface area contributed by atoms with E-state index in [2.05, 4.69) is 37.9 Å². The highest BCUT2D eigenvalue weighted by atomic mass is 16.4. The Kier molecular flexibility index (Phi) is 5.46. The highest BCUT2D eigenvalue weighted by molar-refractivity contribution is 6.09. The second kappa shape index (κ2) is 7.83. The van der Waals surface area contributed by atoms with Crippen molar-refractivity contribution in [1.82, 2.24) is 4.57 Å². The van der Waals surface area contributed by atoms with Crippen molar-refractivity contribution in [3.63, 3.8) is 0 Å². The lowest BCUT2D eigenvalue weighted by molar-refractivity contribution is 0.0693. The lowest BCUT2D eigenvalue weighted by Gasteiger charge is -2.11. The van der Waals surface area contributed by atoms with Crippen LogP contribution in [0, 0.1) is 6.92 Å². The van der Waals surface area contributed by atoms with Gasteiger partial charge in [-0.25, -0.2) is 4.79 Å². The first-order chi connectivity index (χ1) is 13.7. The maximum absolute atomic E-state index is 13.1. The fourth-order valence-electron chi connectivity index (χ4n) is 3.49. The predicted molar refractivity (Wildman–Crippen MR) is 114 cm³/mol. The lowest BCUT2D eigenvalue weighted by Crippen LogP contribution is -2.18. The first kappa shape index (κ1) is 20.2. The average Bonchev–Trinajstić information content (AvgIpc) is 2.95. The van der Waals surface area contributed by atoms with Gasteiger partial charge in [0.1, 0.15) is 17.0 Å². The van der Waals surface area contributed by atoms with Gasteiger partial charge in [-0.3, -0.25) is 4.79 Å². The Bertz CT molecular complexity index is 1130. The Balaban J connectivity index is 2.08. The van der Waals surface area contributed by atoms with E-state index in [1.807, 2.05) is 17.6 Å². The van der Waals surface area contributed by atoms with Crippen LogP contribution in [0.25, 0.3) is 10.9 Å². The molecule has 3 aromatic rings. The Morgan fingerprint density at radius 1 is 1.21 bits per heavy atom. The van der Waals surface area contributed by atoms with Gasteiger partial charge in [0.25, 0.3) is 5.91 Å². The first-order valence-corrected chi connectivity index (χ1v) is 9.35. The minimum Gasteiger partial charge on any atom is -0.507 e. The first-order valence-electron chi connectivity index (χ1n) is 9.35. The number of nitrogens with one attached hydrogen (secondary N) is 1. The van der Waals surface area contributed by atoms with Crippen LogP contribution in [0.1, 0.15) is 51.7 Å². The molecule has 29 heavy (non-hydrogen) atoms. The number of aromatic hydroxyl groups is 1. The molecule has 3 N–H and O–H groups in total. The van der Waals surface area contributed by atoms with Gasteiger partial charge in [-0.15, -0.1) is 6.58 Å². The number of nitrogens with zero attached hydrogens (tertiary/aromatic N) is 1. The van der Waals surface area contributed by atoms with Crippen LogP contribution < -0.4 is 5.32 Å². The number of allylic oxidation sites excluding steroid dienone is 1. The topological polar surface area (TPSA) is 91.6 Å². The minimum absolute atomic E-state index is 0.271. The van der Waals surface area contributed by atoms with Gasteiger partial charge in [0.15, 0.2) is 0 Å². The number of carboxylic acid groups (broad SMARTS) is 1. The standard InChI is InChI=1S/C23H24N2O4/c1-5-10-25-19-8-6-15(13(2)3)11-17(19)14(4)21(25)22(27)24-16-7-9-20(26)18(12-16)23(28)29/h5-9,11-13,26H,1,10H2,2-4H3,(H,24,27)(H,28,29). The number of benzene rings is 2. The molecule has 1 heterocycles. The molecule has 0 aliphatic heterocycles. The molecule has 0 aliphatic carbocycles. The van der Waals surface area contributed by atoms with E-state index in [1.165, 1.54) is 23.8 Å². The fourth-order valence-corrected chi connectivity index (χ4v) is 3.49. The molecule has 150 valence electrons. The van der Waals surface area contributed by atoms with Crippen LogP contribution in [0.3, 0.4) is 0 Å². The van der Waals surface area contributed by atoms with E-state index >= 15 is 0 Å². The number of hydrogen-bond acceptors (Lipinski definition) is 3. The molecule has 0 saturated carbocycles. The number of anilines is 1. The summed E-state index contributed by atoms with van der Waals surface area (Å²) in [6, 6.07) is 10.1. The zero-order valence-electron chi connectivity index (χ0n) is 16.7. The number of aromatic nitrogens is 1. The van der Waals surface area contributed by atoms with E-state index < -0.39 is 5.97 Å². The molecular formula is C23H24N2O4. The quantitative estimate of drug-likeness (QED) is 0.410. The molecule has 0 aliphatic rings. The minimum atomic E-state index is -1.27. The molecule has 0 unspecified atom stereocenters. The molecule has 6 heteroatoms. The summed E-state index contributed by atoms with van der Waals surface area (Å²) in [6.45, 7) is 10.4. The molecule has 0 spiro atoms. The van der Waals surface area contributed by atoms with Gasteiger partial charge in [0.05, 0.1) is 0 Å². The molecule has 0 saturated heterocycles. The molecule has 2 aromatic carbocycles. The number of phenols is 1. The number of carboxylic acids is 1. The SMILES string of the molecule is C=CCn1c(C(=O)Nc2ccc(O)c(C(=O)O)c2)c(C)c2cc(C(C)C)ccc21. The summed E-state index contributed by atoms with van der Waals surface area (Å²) in [5.41, 5.74) is 3.49. The summed E-state index contributed by atoms with van der Waals surface area (Å²) in [5.74, 6) is -1.61. The van der Waals surface area contributed by atoms with Gasteiger partial charge in [0, 0.05) is 23.1 Å². The molecule has 1 aromatic heterocycles. The second-order valence-electron chi connectivity index (χ2n) is 7.30. The van der Waals surface area contributed by atoms with Crippen LogP contribution in [0.15, 0.2) is 49.1 Å². The molecule has 0 fully saturated rings. The molecule has 0 bridgehead atoms. The van der Waals surface area contributed by atoms with Crippen LogP contribution in [0.4, 0.5) is 5.69 Å². The van der Waals surface area contributed by atoms with E-state index in [1.54, 1.807) is 6.08 Å². The van der Waals surface area contributed by atoms with Crippen LogP contribution in [-0.4, -0.2) is 26.7 Å². The number of aromatic carboxylic acids is 1. The molecule has 3 rings (SSSR count). The molecule has 6 nitrogen and oxygen atoms in total. The number of amides is 1. The van der Waals surface area contributed by atoms with Gasteiger partial charge in [-0.2, -0.15) is 0 Å². The smallest absolute Gasteiger partial charge is 0.339 e. The normalized spacial score (nSPS) is 11.0. The van der Waals surface area contributed by atoms with Gasteiger partial charge in [-0.05, 0) is 54.3 Å².